The van der Waals surface area contributed by atoms with E-state index < -0.39 is 23.1 Å². The number of H-pyrrole nitrogens is 2. The van der Waals surface area contributed by atoms with Crippen LogP contribution >= 0.6 is 0 Å². The fraction of sp³-hybridized carbons (Fsp3) is 0.240. The molecule has 0 fully saturated rings. The van der Waals surface area contributed by atoms with Crippen molar-refractivity contribution >= 4 is 5.97 Å². The molecule has 0 saturated heterocycles. The maximum absolute atomic E-state index is 13.7. The third-order valence-corrected chi connectivity index (χ3v) is 5.79. The Hall–Kier alpha value is -4.47. The Kier molecular flexibility index (Phi) is 6.37. The minimum atomic E-state index is -1.11. The fourth-order valence-corrected chi connectivity index (χ4v) is 4.20. The summed E-state index contributed by atoms with van der Waals surface area (Å²) in [6.45, 7) is 5.71. The average molecular weight is 479 g/mol. The summed E-state index contributed by atoms with van der Waals surface area (Å²) >= 11 is 0. The van der Waals surface area contributed by atoms with Crippen LogP contribution in [-0.2, 0) is 0 Å². The molecule has 2 heterocycles. The number of carboxylic acid groups (broad SMARTS) is 1. The van der Waals surface area contributed by atoms with Crippen LogP contribution in [-0.4, -0.2) is 39.7 Å². The number of nitrogens with one attached hydrogen (secondary N) is 2. The number of carbonyl (C=O) groups is 1. The average Bonchev–Trinajstić information content (AvgIpc) is 3.33. The van der Waals surface area contributed by atoms with Crippen molar-refractivity contribution in [1.29, 1.82) is 0 Å². The number of benzene rings is 2. The molecule has 10 nitrogen and oxygen atoms in total. The van der Waals surface area contributed by atoms with Gasteiger partial charge < -0.3 is 19.1 Å². The van der Waals surface area contributed by atoms with Crippen molar-refractivity contribution < 1.29 is 23.9 Å². The Labute approximate surface area is 199 Å². The van der Waals surface area contributed by atoms with Crippen molar-refractivity contribution in [2.45, 2.75) is 26.7 Å². The molecule has 0 aliphatic carbocycles. The van der Waals surface area contributed by atoms with Crippen LogP contribution < -0.4 is 20.7 Å². The number of methoxy groups -OCH3 is 1. The number of aromatic carboxylic acids is 1. The number of nitrogens with zero attached hydrogens (tertiary/aromatic N) is 1. The monoisotopic (exact) mass is 479 g/mol. The number of hydrogen-bond acceptors (Lipinski definition) is 6. The van der Waals surface area contributed by atoms with E-state index in [-0.39, 0.29) is 11.1 Å². The zero-order valence-electron chi connectivity index (χ0n) is 19.7. The van der Waals surface area contributed by atoms with E-state index in [2.05, 4.69) is 10.3 Å². The Balaban J connectivity index is 1.96. The van der Waals surface area contributed by atoms with Gasteiger partial charge in [-0.1, -0.05) is 12.1 Å². The van der Waals surface area contributed by atoms with Crippen LogP contribution in [0.2, 0.25) is 0 Å². The molecule has 0 aliphatic rings. The van der Waals surface area contributed by atoms with Gasteiger partial charge in [-0.15, -0.1) is 0 Å². The second kappa shape index (κ2) is 9.41. The first-order chi connectivity index (χ1) is 16.8. The molecule has 2 aromatic carbocycles. The Morgan fingerprint density at radius 2 is 1.86 bits per heavy atom. The normalized spacial score (nSPS) is 11.9. The van der Waals surface area contributed by atoms with Crippen molar-refractivity contribution in [2.24, 2.45) is 0 Å². The Bertz CT molecular complexity index is 1510. The summed E-state index contributed by atoms with van der Waals surface area (Å²) in [6, 6.07) is 11.2. The van der Waals surface area contributed by atoms with Gasteiger partial charge in [-0.05, 0) is 56.7 Å². The lowest BCUT2D eigenvalue weighted by molar-refractivity contribution is 0.0697. The zero-order valence-corrected chi connectivity index (χ0v) is 19.7. The maximum atomic E-state index is 13.7. The fourth-order valence-electron chi connectivity index (χ4n) is 4.20. The molecule has 3 N–H and O–H groups in total. The smallest absolute Gasteiger partial charge is 0.361 e. The molecule has 1 atom stereocenters. The highest BCUT2D eigenvalue weighted by molar-refractivity contribution is 5.88. The quantitative estimate of drug-likeness (QED) is 0.352. The van der Waals surface area contributed by atoms with E-state index in [9.17, 15) is 19.5 Å². The number of carboxylic acids is 1. The first kappa shape index (κ1) is 23.7. The van der Waals surface area contributed by atoms with Crippen molar-refractivity contribution in [3.8, 4) is 17.2 Å². The molecule has 2 aromatic heterocycles. The standard InChI is InChI=1S/C25H25N3O7/c1-5-34-18-10-9-15(12-19(18)33-4)22(21-14(3)27-35-25(21)32)20-13(2)26-28(23(20)29)17-8-6-7-16(11-17)24(30)31/h6-12,22,26-27H,5H2,1-4H3,(H,30,31). The van der Waals surface area contributed by atoms with Gasteiger partial charge in [0.1, 0.15) is 0 Å². The molecule has 1 unspecified atom stereocenters. The number of aromatic nitrogens is 3. The van der Waals surface area contributed by atoms with Gasteiger partial charge in [0.15, 0.2) is 11.5 Å². The van der Waals surface area contributed by atoms with Crippen molar-refractivity contribution in [3.05, 3.63) is 96.9 Å². The van der Waals surface area contributed by atoms with Crippen LogP contribution in [0.1, 0.15) is 51.3 Å². The van der Waals surface area contributed by atoms with Gasteiger partial charge in [0.05, 0.1) is 47.7 Å². The summed E-state index contributed by atoms with van der Waals surface area (Å²) < 4.78 is 17.4. The Morgan fingerprint density at radius 3 is 2.49 bits per heavy atom. The van der Waals surface area contributed by atoms with Gasteiger partial charge in [-0.3, -0.25) is 9.89 Å². The lowest BCUT2D eigenvalue weighted by Gasteiger charge is -2.17. The Morgan fingerprint density at radius 1 is 1.09 bits per heavy atom. The largest absolute Gasteiger partial charge is 0.493 e. The lowest BCUT2D eigenvalue weighted by Crippen LogP contribution is -2.23. The first-order valence-corrected chi connectivity index (χ1v) is 10.9. The third-order valence-electron chi connectivity index (χ3n) is 5.79. The van der Waals surface area contributed by atoms with E-state index in [1.54, 1.807) is 44.2 Å². The number of ether oxygens (including phenoxy) is 2. The summed E-state index contributed by atoms with van der Waals surface area (Å²) in [4.78, 5) is 37.9. The number of rotatable bonds is 8. The van der Waals surface area contributed by atoms with E-state index >= 15 is 0 Å². The molecule has 10 heteroatoms. The maximum Gasteiger partial charge on any atom is 0.361 e. The molecule has 0 amide bonds. The van der Waals surface area contributed by atoms with Gasteiger partial charge in [-0.2, -0.15) is 0 Å². The van der Waals surface area contributed by atoms with Crippen LogP contribution in [0.25, 0.3) is 5.69 Å². The van der Waals surface area contributed by atoms with Crippen molar-refractivity contribution in [1.82, 2.24) is 14.9 Å². The van der Waals surface area contributed by atoms with Gasteiger partial charge >= 0.3 is 11.6 Å². The van der Waals surface area contributed by atoms with Gasteiger partial charge in [0.25, 0.3) is 5.56 Å². The molecule has 0 aliphatic heterocycles. The minimum absolute atomic E-state index is 0.0399. The summed E-state index contributed by atoms with van der Waals surface area (Å²) in [7, 11) is 1.51. The minimum Gasteiger partial charge on any atom is -0.493 e. The van der Waals surface area contributed by atoms with Crippen molar-refractivity contribution in [3.63, 3.8) is 0 Å². The first-order valence-electron chi connectivity index (χ1n) is 10.9. The number of aromatic amines is 2. The molecular formula is C25H25N3O7. The van der Waals surface area contributed by atoms with Gasteiger partial charge in [0, 0.05) is 5.69 Å². The predicted octanol–water partition coefficient (Wildman–Crippen LogP) is 3.35. The second-order valence-corrected chi connectivity index (χ2v) is 7.95. The third kappa shape index (κ3) is 4.25. The van der Waals surface area contributed by atoms with E-state index in [0.29, 0.717) is 46.3 Å². The molecule has 0 spiro atoms. The molecule has 0 saturated carbocycles. The molecular weight excluding hydrogens is 454 g/mol. The van der Waals surface area contributed by atoms with Gasteiger partial charge in [0.2, 0.25) is 0 Å². The molecule has 0 bridgehead atoms. The van der Waals surface area contributed by atoms with E-state index in [1.807, 2.05) is 6.92 Å². The van der Waals surface area contributed by atoms with Crippen LogP contribution in [0.3, 0.4) is 0 Å². The van der Waals surface area contributed by atoms with Crippen LogP contribution in [0.4, 0.5) is 0 Å². The highest BCUT2D eigenvalue weighted by Crippen LogP contribution is 2.37. The molecule has 35 heavy (non-hydrogen) atoms. The SMILES string of the molecule is CCOc1ccc(C(c2c(C)[nH]oc2=O)c2c(C)[nH]n(-c3cccc(C(=O)O)c3)c2=O)cc1OC. The highest BCUT2D eigenvalue weighted by Gasteiger charge is 2.31. The van der Waals surface area contributed by atoms with Crippen LogP contribution in [0, 0.1) is 13.8 Å². The molecule has 0 radical (unpaired) electrons. The highest BCUT2D eigenvalue weighted by atomic mass is 16.5. The summed E-state index contributed by atoms with van der Waals surface area (Å²) in [5, 5.41) is 15.0. The van der Waals surface area contributed by atoms with E-state index in [4.69, 9.17) is 14.0 Å². The summed E-state index contributed by atoms with van der Waals surface area (Å²) in [6.07, 6.45) is 0. The predicted molar refractivity (Wildman–Crippen MR) is 127 cm³/mol. The number of hydrogen-bond donors (Lipinski definition) is 3. The van der Waals surface area contributed by atoms with Gasteiger partial charge in [-0.25, -0.2) is 19.4 Å². The second-order valence-electron chi connectivity index (χ2n) is 7.95. The van der Waals surface area contributed by atoms with Crippen LogP contribution in [0.15, 0.2) is 56.6 Å². The van der Waals surface area contributed by atoms with Crippen LogP contribution in [0.5, 0.6) is 11.5 Å². The number of aryl methyl sites for hydroxylation is 2. The van der Waals surface area contributed by atoms with E-state index in [1.165, 1.54) is 23.9 Å². The summed E-state index contributed by atoms with van der Waals surface area (Å²) in [5.41, 5.74) is 1.56. The lowest BCUT2D eigenvalue weighted by atomic mass is 9.85. The molecule has 182 valence electrons. The van der Waals surface area contributed by atoms with E-state index in [0.717, 1.165) is 0 Å². The van der Waals surface area contributed by atoms with Crippen molar-refractivity contribution in [2.75, 3.05) is 13.7 Å². The topological polar surface area (TPSA) is 140 Å². The summed E-state index contributed by atoms with van der Waals surface area (Å²) in [5.74, 6) is -0.920. The molecule has 4 aromatic rings. The molecule has 4 rings (SSSR count). The zero-order chi connectivity index (χ0) is 25.3.